The predicted molar refractivity (Wildman–Crippen MR) is 82.4 cm³/mol. The monoisotopic (exact) mass is 302 g/mol. The standard InChI is InChI=1S/C15H14N2O3S/c18-14(10-21-9-11-5-2-1-3-6-11)17-13-8-4-7-12(16-13)15(19)20/h1-8H,9-10H2,(H,19,20)(H,16,17,18). The van der Waals surface area contributed by atoms with Crippen molar-refractivity contribution in [1.29, 1.82) is 0 Å². The zero-order chi connectivity index (χ0) is 15.1. The van der Waals surface area contributed by atoms with E-state index < -0.39 is 5.97 Å². The zero-order valence-electron chi connectivity index (χ0n) is 11.2. The van der Waals surface area contributed by atoms with Crippen LogP contribution in [0.3, 0.4) is 0 Å². The molecule has 1 heterocycles. The average molecular weight is 302 g/mol. The maximum absolute atomic E-state index is 11.8. The summed E-state index contributed by atoms with van der Waals surface area (Å²) >= 11 is 1.49. The summed E-state index contributed by atoms with van der Waals surface area (Å²) in [6.07, 6.45) is 0. The molecule has 0 spiro atoms. The van der Waals surface area contributed by atoms with Crippen LogP contribution >= 0.6 is 11.8 Å². The molecule has 0 aliphatic heterocycles. The summed E-state index contributed by atoms with van der Waals surface area (Å²) in [5.41, 5.74) is 1.06. The first-order chi connectivity index (χ1) is 10.1. The fourth-order valence-electron chi connectivity index (χ4n) is 1.64. The number of hydrogen-bond donors (Lipinski definition) is 2. The lowest BCUT2D eigenvalue weighted by Crippen LogP contribution is -2.16. The number of pyridine rings is 1. The van der Waals surface area contributed by atoms with Crippen LogP contribution < -0.4 is 5.32 Å². The third kappa shape index (κ3) is 4.92. The number of aromatic nitrogens is 1. The van der Waals surface area contributed by atoms with Gasteiger partial charge < -0.3 is 10.4 Å². The summed E-state index contributed by atoms with van der Waals surface area (Å²) in [6, 6.07) is 14.3. The van der Waals surface area contributed by atoms with E-state index in [2.05, 4.69) is 10.3 Å². The Morgan fingerprint density at radius 2 is 1.86 bits per heavy atom. The maximum atomic E-state index is 11.8. The van der Waals surface area contributed by atoms with Gasteiger partial charge >= 0.3 is 5.97 Å². The van der Waals surface area contributed by atoms with Gasteiger partial charge in [-0.15, -0.1) is 11.8 Å². The fourth-order valence-corrected chi connectivity index (χ4v) is 2.43. The van der Waals surface area contributed by atoms with Crippen LogP contribution in [-0.4, -0.2) is 27.7 Å². The van der Waals surface area contributed by atoms with Gasteiger partial charge in [-0.1, -0.05) is 36.4 Å². The number of thioether (sulfide) groups is 1. The van der Waals surface area contributed by atoms with Crippen LogP contribution in [0.4, 0.5) is 5.82 Å². The van der Waals surface area contributed by atoms with E-state index >= 15 is 0 Å². The number of carboxylic acid groups (broad SMARTS) is 1. The minimum Gasteiger partial charge on any atom is -0.477 e. The van der Waals surface area contributed by atoms with Crippen molar-refractivity contribution in [3.63, 3.8) is 0 Å². The van der Waals surface area contributed by atoms with Gasteiger partial charge in [-0.05, 0) is 17.7 Å². The Bertz CT molecular complexity index is 632. The van der Waals surface area contributed by atoms with Crippen LogP contribution in [0.25, 0.3) is 0 Å². The number of nitrogens with one attached hydrogen (secondary N) is 1. The van der Waals surface area contributed by atoms with Gasteiger partial charge in [0.2, 0.25) is 5.91 Å². The lowest BCUT2D eigenvalue weighted by atomic mass is 10.2. The quantitative estimate of drug-likeness (QED) is 0.857. The molecule has 0 unspecified atom stereocenters. The van der Waals surface area contributed by atoms with Crippen molar-refractivity contribution in [2.75, 3.05) is 11.1 Å². The topological polar surface area (TPSA) is 79.3 Å². The van der Waals surface area contributed by atoms with E-state index in [1.165, 1.54) is 17.8 Å². The molecule has 0 atom stereocenters. The molecule has 0 fully saturated rings. The van der Waals surface area contributed by atoms with Crippen LogP contribution in [-0.2, 0) is 10.5 Å². The Morgan fingerprint density at radius 3 is 2.57 bits per heavy atom. The highest BCUT2D eigenvalue weighted by Crippen LogP contribution is 2.12. The number of anilines is 1. The lowest BCUT2D eigenvalue weighted by molar-refractivity contribution is -0.113. The summed E-state index contributed by atoms with van der Waals surface area (Å²) in [5.74, 6) is -0.0409. The number of carbonyl (C=O) groups is 2. The Kier molecular flexibility index (Phi) is 5.34. The van der Waals surface area contributed by atoms with Gasteiger partial charge in [-0.25, -0.2) is 9.78 Å². The third-order valence-corrected chi connectivity index (χ3v) is 3.58. The second kappa shape index (κ2) is 7.44. The first-order valence-corrected chi connectivity index (χ1v) is 7.42. The fraction of sp³-hybridized carbons (Fsp3) is 0.133. The number of aromatic carboxylic acids is 1. The van der Waals surface area contributed by atoms with E-state index in [0.29, 0.717) is 0 Å². The molecule has 2 rings (SSSR count). The van der Waals surface area contributed by atoms with Gasteiger partial charge in [0.1, 0.15) is 5.82 Å². The highest BCUT2D eigenvalue weighted by molar-refractivity contribution is 7.99. The molecule has 108 valence electrons. The summed E-state index contributed by atoms with van der Waals surface area (Å²) in [4.78, 5) is 26.4. The average Bonchev–Trinajstić information content (AvgIpc) is 2.48. The molecule has 0 saturated heterocycles. The van der Waals surface area contributed by atoms with Crippen molar-refractivity contribution in [1.82, 2.24) is 4.98 Å². The Balaban J connectivity index is 1.82. The van der Waals surface area contributed by atoms with E-state index in [4.69, 9.17) is 5.11 Å². The normalized spacial score (nSPS) is 10.1. The largest absolute Gasteiger partial charge is 0.477 e. The van der Waals surface area contributed by atoms with Crippen LogP contribution in [0.5, 0.6) is 0 Å². The Hall–Kier alpha value is -2.34. The second-order valence-corrected chi connectivity index (χ2v) is 5.23. The second-order valence-electron chi connectivity index (χ2n) is 4.24. The summed E-state index contributed by atoms with van der Waals surface area (Å²) in [5, 5.41) is 11.4. The number of amides is 1. The van der Waals surface area contributed by atoms with Crippen molar-refractivity contribution in [2.24, 2.45) is 0 Å². The van der Waals surface area contributed by atoms with Crippen LogP contribution in [0.15, 0.2) is 48.5 Å². The van der Waals surface area contributed by atoms with E-state index in [-0.39, 0.29) is 23.2 Å². The number of nitrogens with zero attached hydrogens (tertiary/aromatic N) is 1. The molecule has 5 nitrogen and oxygen atoms in total. The summed E-state index contributed by atoms with van der Waals surface area (Å²) in [6.45, 7) is 0. The van der Waals surface area contributed by atoms with Crippen molar-refractivity contribution in [3.05, 3.63) is 59.8 Å². The molecule has 1 aromatic carbocycles. The van der Waals surface area contributed by atoms with E-state index in [1.807, 2.05) is 30.3 Å². The molecule has 0 radical (unpaired) electrons. The Morgan fingerprint density at radius 1 is 1.10 bits per heavy atom. The zero-order valence-corrected chi connectivity index (χ0v) is 12.0. The Labute approximate surface area is 126 Å². The van der Waals surface area contributed by atoms with Crippen LogP contribution in [0, 0.1) is 0 Å². The molecule has 0 aliphatic rings. The number of benzene rings is 1. The van der Waals surface area contributed by atoms with Crippen molar-refractivity contribution in [2.45, 2.75) is 5.75 Å². The molecule has 0 saturated carbocycles. The molecule has 1 aromatic heterocycles. The van der Waals surface area contributed by atoms with Crippen LogP contribution in [0.2, 0.25) is 0 Å². The van der Waals surface area contributed by atoms with Gasteiger partial charge in [-0.3, -0.25) is 4.79 Å². The number of carbonyl (C=O) groups excluding carboxylic acids is 1. The molecule has 0 bridgehead atoms. The molecule has 2 N–H and O–H groups in total. The van der Waals surface area contributed by atoms with Crippen molar-refractivity contribution >= 4 is 29.5 Å². The molecule has 6 heteroatoms. The molecular formula is C15H14N2O3S. The third-order valence-electron chi connectivity index (χ3n) is 2.58. The molecule has 1 amide bonds. The molecule has 2 aromatic rings. The van der Waals surface area contributed by atoms with Gasteiger partial charge in [0.25, 0.3) is 0 Å². The van der Waals surface area contributed by atoms with Crippen LogP contribution in [0.1, 0.15) is 16.1 Å². The van der Waals surface area contributed by atoms with Crippen molar-refractivity contribution < 1.29 is 14.7 Å². The summed E-state index contributed by atoms with van der Waals surface area (Å²) in [7, 11) is 0. The van der Waals surface area contributed by atoms with E-state index in [1.54, 1.807) is 12.1 Å². The molecule has 21 heavy (non-hydrogen) atoms. The van der Waals surface area contributed by atoms with Gasteiger partial charge in [0, 0.05) is 5.75 Å². The maximum Gasteiger partial charge on any atom is 0.354 e. The van der Waals surface area contributed by atoms with E-state index in [0.717, 1.165) is 11.3 Å². The minimum absolute atomic E-state index is 0.0928. The smallest absolute Gasteiger partial charge is 0.354 e. The lowest BCUT2D eigenvalue weighted by Gasteiger charge is -2.05. The van der Waals surface area contributed by atoms with Gasteiger partial charge in [0.05, 0.1) is 5.75 Å². The number of carboxylic acids is 1. The molecule has 0 aliphatic carbocycles. The van der Waals surface area contributed by atoms with Crippen molar-refractivity contribution in [3.8, 4) is 0 Å². The summed E-state index contributed by atoms with van der Waals surface area (Å²) < 4.78 is 0. The number of hydrogen-bond acceptors (Lipinski definition) is 4. The van der Waals surface area contributed by atoms with Gasteiger partial charge in [-0.2, -0.15) is 0 Å². The van der Waals surface area contributed by atoms with Gasteiger partial charge in [0.15, 0.2) is 5.69 Å². The van der Waals surface area contributed by atoms with E-state index in [9.17, 15) is 9.59 Å². The SMILES string of the molecule is O=C(CSCc1ccccc1)Nc1cccc(C(=O)O)n1. The highest BCUT2D eigenvalue weighted by Gasteiger charge is 2.08. The minimum atomic E-state index is -1.12. The first kappa shape index (κ1) is 15.1. The first-order valence-electron chi connectivity index (χ1n) is 6.27. The predicted octanol–water partition coefficient (Wildman–Crippen LogP) is 2.65. The highest BCUT2D eigenvalue weighted by atomic mass is 32.2. The number of rotatable bonds is 6. The molecular weight excluding hydrogens is 288 g/mol.